The third-order valence-electron chi connectivity index (χ3n) is 8.18. The molecule has 0 bridgehead atoms. The quantitative estimate of drug-likeness (QED) is 0.218. The number of carbonyl (C=O) groups is 2. The van der Waals surface area contributed by atoms with Gasteiger partial charge in [0.15, 0.2) is 5.78 Å². The Bertz CT molecular complexity index is 1850. The van der Waals surface area contributed by atoms with E-state index in [4.69, 9.17) is 9.47 Å². The van der Waals surface area contributed by atoms with Gasteiger partial charge in [-0.25, -0.2) is 8.78 Å². The van der Waals surface area contributed by atoms with Crippen molar-refractivity contribution in [1.29, 1.82) is 0 Å². The van der Waals surface area contributed by atoms with Gasteiger partial charge in [0.05, 0.1) is 24.4 Å². The number of allylic oxidation sites excluding steroid dienone is 1. The summed E-state index contributed by atoms with van der Waals surface area (Å²) in [5.41, 5.74) is 1.05. The average molecular weight is 611 g/mol. The fourth-order valence-electron chi connectivity index (χ4n) is 6.13. The van der Waals surface area contributed by atoms with Crippen molar-refractivity contribution in [2.24, 2.45) is 5.41 Å². The van der Waals surface area contributed by atoms with Gasteiger partial charge in [-0.15, -0.1) is 0 Å². The number of ether oxygens (including phenoxy) is 2. The molecule has 9 heteroatoms. The number of carbonyl (C=O) groups excluding carboxylic acids is 2. The van der Waals surface area contributed by atoms with Gasteiger partial charge in [-0.1, -0.05) is 50.2 Å². The van der Waals surface area contributed by atoms with E-state index in [-0.39, 0.29) is 58.4 Å². The molecule has 0 aromatic heterocycles. The van der Waals surface area contributed by atoms with Crippen LogP contribution in [0, 0.1) is 17.0 Å². The van der Waals surface area contributed by atoms with Gasteiger partial charge in [0, 0.05) is 34.9 Å². The summed E-state index contributed by atoms with van der Waals surface area (Å²) in [6.07, 6.45) is 0.539. The van der Waals surface area contributed by atoms with Crippen LogP contribution >= 0.6 is 0 Å². The fraction of sp³-hybridized carbons (Fsp3) is 0.222. The van der Waals surface area contributed by atoms with Crippen LogP contribution in [0.3, 0.4) is 0 Å². The number of nitrogens with one attached hydrogen (secondary N) is 1. The standard InChI is InChI=1S/C36H32F2N2O5/c1-36(2)18-27-32(30(42)19-36)34(23-16-15-22(17-26(23)38)45-20-21-9-4-7-14-31(21)44-3)40(28-12-8-13-29(41)33(28)39-27)35(43)24-10-5-6-11-25(24)37/h4-17,34,39,41H,18-20H2,1-3H3. The molecule has 1 amide bonds. The SMILES string of the molecule is COc1ccccc1COc1ccc(C2C3=C(CC(C)(C)CC3=O)Nc3c(O)cccc3N2C(=O)c2ccccc2F)c(F)c1. The minimum absolute atomic E-state index is 0.0166. The van der Waals surface area contributed by atoms with E-state index in [0.29, 0.717) is 17.9 Å². The van der Waals surface area contributed by atoms with Crippen molar-refractivity contribution in [3.8, 4) is 17.2 Å². The first kappa shape index (κ1) is 29.9. The van der Waals surface area contributed by atoms with Gasteiger partial charge in [-0.2, -0.15) is 0 Å². The maximum Gasteiger partial charge on any atom is 0.262 e. The Kier molecular flexibility index (Phi) is 7.78. The lowest BCUT2D eigenvalue weighted by Gasteiger charge is -2.37. The zero-order valence-corrected chi connectivity index (χ0v) is 25.1. The number of para-hydroxylation sites is 2. The third-order valence-corrected chi connectivity index (χ3v) is 8.18. The summed E-state index contributed by atoms with van der Waals surface area (Å²) < 4.78 is 42.7. The van der Waals surface area contributed by atoms with E-state index >= 15 is 8.78 Å². The number of methoxy groups -OCH3 is 1. The molecule has 1 heterocycles. The maximum absolute atomic E-state index is 16.3. The second-order valence-electron chi connectivity index (χ2n) is 12.0. The number of hydrogen-bond acceptors (Lipinski definition) is 6. The first-order valence-corrected chi connectivity index (χ1v) is 14.6. The topological polar surface area (TPSA) is 88.1 Å². The van der Waals surface area contributed by atoms with Crippen molar-refractivity contribution < 1.29 is 33.0 Å². The van der Waals surface area contributed by atoms with Gasteiger partial charge in [0.1, 0.15) is 41.2 Å². The number of fused-ring (bicyclic) bond motifs is 1. The average Bonchev–Trinajstić information content (AvgIpc) is 3.15. The van der Waals surface area contributed by atoms with E-state index in [2.05, 4.69) is 5.32 Å². The highest BCUT2D eigenvalue weighted by molar-refractivity contribution is 6.12. The molecular formula is C36H32F2N2O5. The Morgan fingerprint density at radius 3 is 2.49 bits per heavy atom. The van der Waals surface area contributed by atoms with Gasteiger partial charge in [-0.3, -0.25) is 14.5 Å². The Balaban J connectivity index is 1.51. The molecule has 2 N–H and O–H groups in total. The van der Waals surface area contributed by atoms with Crippen LogP contribution in [0.2, 0.25) is 0 Å². The van der Waals surface area contributed by atoms with Crippen molar-refractivity contribution in [2.45, 2.75) is 39.3 Å². The van der Waals surface area contributed by atoms with Gasteiger partial charge in [0.2, 0.25) is 0 Å². The Morgan fingerprint density at radius 2 is 1.73 bits per heavy atom. The van der Waals surface area contributed by atoms with E-state index < -0.39 is 29.0 Å². The number of Topliss-reactive ketones (excluding diaryl/α,β-unsaturated/α-hetero) is 1. The van der Waals surface area contributed by atoms with Gasteiger partial charge in [0.25, 0.3) is 5.91 Å². The minimum atomic E-state index is -1.28. The second-order valence-corrected chi connectivity index (χ2v) is 12.0. The minimum Gasteiger partial charge on any atom is -0.506 e. The summed E-state index contributed by atoms with van der Waals surface area (Å²) in [5.74, 6) is -1.90. The maximum atomic E-state index is 16.3. The highest BCUT2D eigenvalue weighted by Gasteiger charge is 2.45. The highest BCUT2D eigenvalue weighted by Crippen LogP contribution is 2.51. The summed E-state index contributed by atoms with van der Waals surface area (Å²) in [6.45, 7) is 4.00. The van der Waals surface area contributed by atoms with E-state index in [0.717, 1.165) is 11.6 Å². The van der Waals surface area contributed by atoms with Crippen molar-refractivity contribution in [3.63, 3.8) is 0 Å². The zero-order valence-electron chi connectivity index (χ0n) is 25.1. The summed E-state index contributed by atoms with van der Waals surface area (Å²) >= 11 is 0. The molecule has 4 aromatic rings. The lowest BCUT2D eigenvalue weighted by molar-refractivity contribution is -0.118. The first-order chi connectivity index (χ1) is 21.6. The normalized spacial score (nSPS) is 17.1. The van der Waals surface area contributed by atoms with Crippen LogP contribution < -0.4 is 19.7 Å². The zero-order chi connectivity index (χ0) is 31.9. The van der Waals surface area contributed by atoms with Gasteiger partial charge >= 0.3 is 0 Å². The van der Waals surface area contributed by atoms with Crippen LogP contribution in [-0.2, 0) is 11.4 Å². The number of anilines is 2. The van der Waals surface area contributed by atoms with Crippen molar-refractivity contribution in [3.05, 3.63) is 125 Å². The molecule has 45 heavy (non-hydrogen) atoms. The van der Waals surface area contributed by atoms with Crippen molar-refractivity contribution >= 4 is 23.1 Å². The molecule has 0 fully saturated rings. The van der Waals surface area contributed by atoms with Crippen LogP contribution in [0.4, 0.5) is 20.2 Å². The number of benzene rings is 4. The number of halogens is 2. The molecule has 1 aliphatic carbocycles. The summed E-state index contributed by atoms with van der Waals surface area (Å²) in [6, 6.07) is 20.3. The smallest absolute Gasteiger partial charge is 0.262 e. The first-order valence-electron chi connectivity index (χ1n) is 14.6. The molecular weight excluding hydrogens is 578 g/mol. The monoisotopic (exact) mass is 610 g/mol. The molecule has 0 saturated heterocycles. The molecule has 1 aliphatic heterocycles. The number of aromatic hydroxyl groups is 1. The lowest BCUT2D eigenvalue weighted by Crippen LogP contribution is -2.40. The van der Waals surface area contributed by atoms with Crippen LogP contribution in [-0.4, -0.2) is 23.9 Å². The number of amides is 1. The predicted octanol–water partition coefficient (Wildman–Crippen LogP) is 7.71. The molecule has 0 radical (unpaired) electrons. The number of ketones is 1. The van der Waals surface area contributed by atoms with Crippen LogP contribution in [0.1, 0.15) is 54.2 Å². The molecule has 0 saturated carbocycles. The Labute approximate surface area is 259 Å². The lowest BCUT2D eigenvalue weighted by atomic mass is 9.73. The number of phenols is 1. The van der Waals surface area contributed by atoms with Crippen LogP contribution in [0.15, 0.2) is 96.2 Å². The van der Waals surface area contributed by atoms with Crippen molar-refractivity contribution in [2.75, 3.05) is 17.3 Å². The molecule has 1 atom stereocenters. The molecule has 2 aliphatic rings. The molecule has 0 spiro atoms. The van der Waals surface area contributed by atoms with Crippen LogP contribution in [0.25, 0.3) is 0 Å². The van der Waals surface area contributed by atoms with E-state index in [9.17, 15) is 14.7 Å². The molecule has 4 aromatic carbocycles. The van der Waals surface area contributed by atoms with E-state index in [1.54, 1.807) is 25.3 Å². The summed E-state index contributed by atoms with van der Waals surface area (Å²) in [4.78, 5) is 29.5. The number of rotatable bonds is 6. The van der Waals surface area contributed by atoms with Crippen LogP contribution in [0.5, 0.6) is 17.2 Å². The summed E-state index contributed by atoms with van der Waals surface area (Å²) in [5, 5.41) is 14.2. The van der Waals surface area contributed by atoms with E-state index in [1.165, 1.54) is 47.4 Å². The van der Waals surface area contributed by atoms with Gasteiger partial charge < -0.3 is 19.9 Å². The summed E-state index contributed by atoms with van der Waals surface area (Å²) in [7, 11) is 1.55. The van der Waals surface area contributed by atoms with E-state index in [1.807, 2.05) is 32.0 Å². The third kappa shape index (κ3) is 5.61. The molecule has 6 rings (SSSR count). The molecule has 7 nitrogen and oxygen atoms in total. The highest BCUT2D eigenvalue weighted by atomic mass is 19.1. The Hall–Kier alpha value is -5.18. The molecule has 230 valence electrons. The number of hydrogen-bond donors (Lipinski definition) is 2. The second kappa shape index (κ2) is 11.7. The number of nitrogens with zero attached hydrogens (tertiary/aromatic N) is 1. The predicted molar refractivity (Wildman–Crippen MR) is 166 cm³/mol. The Morgan fingerprint density at radius 1 is 0.978 bits per heavy atom. The van der Waals surface area contributed by atoms with Crippen molar-refractivity contribution in [1.82, 2.24) is 0 Å². The largest absolute Gasteiger partial charge is 0.506 e. The number of phenolic OH excluding ortho intramolecular Hbond substituents is 1. The fourth-order valence-corrected chi connectivity index (χ4v) is 6.13. The molecule has 1 unspecified atom stereocenters. The van der Waals surface area contributed by atoms with Gasteiger partial charge in [-0.05, 0) is 54.3 Å².